The molecule has 0 spiro atoms. The molecule has 0 aromatic carbocycles. The Morgan fingerprint density at radius 1 is 1.36 bits per heavy atom. The largest absolute Gasteiger partial charge is 0.215 e. The van der Waals surface area contributed by atoms with Crippen LogP contribution in [0.2, 0.25) is 0 Å². The molecule has 0 saturated heterocycles. The van der Waals surface area contributed by atoms with Gasteiger partial charge in [0.05, 0.1) is 5.75 Å². The van der Waals surface area contributed by atoms with Gasteiger partial charge in [0.15, 0.2) is 0 Å². The predicted molar refractivity (Wildman–Crippen MR) is 59.1 cm³/mol. The first-order valence-corrected chi connectivity index (χ1v) is 7.19. The maximum atomic E-state index is 11.3. The molecule has 0 heterocycles. The van der Waals surface area contributed by atoms with Crippen LogP contribution in [0.25, 0.3) is 0 Å². The molecular formula is C9H18ClNO2S. The lowest BCUT2D eigenvalue weighted by Gasteiger charge is -2.23. The molecule has 0 aromatic heterocycles. The van der Waals surface area contributed by atoms with E-state index in [0.717, 1.165) is 12.8 Å². The number of alkyl halides is 1. The highest BCUT2D eigenvalue weighted by Crippen LogP contribution is 2.36. The van der Waals surface area contributed by atoms with Crippen LogP contribution < -0.4 is 4.72 Å². The molecule has 0 unspecified atom stereocenters. The number of hydrogen-bond donors (Lipinski definition) is 1. The van der Waals surface area contributed by atoms with E-state index < -0.39 is 10.0 Å². The van der Waals surface area contributed by atoms with Crippen LogP contribution in [0.5, 0.6) is 0 Å². The molecule has 0 radical (unpaired) electrons. The van der Waals surface area contributed by atoms with Gasteiger partial charge in [-0.05, 0) is 18.3 Å². The number of halogens is 1. The van der Waals surface area contributed by atoms with Gasteiger partial charge in [-0.15, -0.1) is 11.6 Å². The summed E-state index contributed by atoms with van der Waals surface area (Å²) in [5, 5.41) is 0. The SMILES string of the molecule is CC1(CNS(=O)(=O)CCCl)CCCC1. The average molecular weight is 240 g/mol. The Kier molecular flexibility index (Phi) is 4.22. The van der Waals surface area contributed by atoms with Crippen LogP contribution in [0, 0.1) is 5.41 Å². The van der Waals surface area contributed by atoms with Crippen molar-refractivity contribution in [2.24, 2.45) is 5.41 Å². The van der Waals surface area contributed by atoms with Gasteiger partial charge in [0.2, 0.25) is 10.0 Å². The van der Waals surface area contributed by atoms with Crippen molar-refractivity contribution in [3.05, 3.63) is 0 Å². The summed E-state index contributed by atoms with van der Waals surface area (Å²) in [4.78, 5) is 0. The first kappa shape index (κ1) is 12.3. The van der Waals surface area contributed by atoms with Crippen LogP contribution in [0.15, 0.2) is 0 Å². The third-order valence-electron chi connectivity index (χ3n) is 2.88. The molecule has 1 N–H and O–H groups in total. The van der Waals surface area contributed by atoms with E-state index in [0.29, 0.717) is 6.54 Å². The summed E-state index contributed by atoms with van der Waals surface area (Å²) in [5.41, 5.74) is 0.166. The molecule has 0 bridgehead atoms. The Labute approximate surface area is 91.3 Å². The summed E-state index contributed by atoms with van der Waals surface area (Å²) >= 11 is 5.40. The van der Waals surface area contributed by atoms with Crippen molar-refractivity contribution in [3.63, 3.8) is 0 Å². The molecule has 84 valence electrons. The zero-order valence-electron chi connectivity index (χ0n) is 8.55. The van der Waals surface area contributed by atoms with Gasteiger partial charge in [-0.2, -0.15) is 0 Å². The fourth-order valence-electron chi connectivity index (χ4n) is 1.86. The molecule has 1 rings (SSSR count). The fourth-order valence-corrected chi connectivity index (χ4v) is 3.39. The smallest absolute Gasteiger partial charge is 0.212 e. The van der Waals surface area contributed by atoms with Gasteiger partial charge in [0.1, 0.15) is 0 Å². The van der Waals surface area contributed by atoms with Gasteiger partial charge in [-0.1, -0.05) is 19.8 Å². The van der Waals surface area contributed by atoms with Crippen molar-refractivity contribution in [1.82, 2.24) is 4.72 Å². The number of hydrogen-bond acceptors (Lipinski definition) is 2. The van der Waals surface area contributed by atoms with E-state index in [1.165, 1.54) is 12.8 Å². The van der Waals surface area contributed by atoms with Crippen LogP contribution in [-0.4, -0.2) is 26.6 Å². The normalized spacial score (nSPS) is 21.3. The Morgan fingerprint density at radius 3 is 2.43 bits per heavy atom. The highest BCUT2D eigenvalue weighted by molar-refractivity contribution is 7.89. The minimum absolute atomic E-state index is 0.0185. The number of nitrogens with one attached hydrogen (secondary N) is 1. The molecule has 1 aliphatic rings. The molecule has 0 aliphatic heterocycles. The van der Waals surface area contributed by atoms with Gasteiger partial charge in [0, 0.05) is 12.4 Å². The Bertz CT molecular complexity index is 271. The zero-order valence-corrected chi connectivity index (χ0v) is 10.1. The lowest BCUT2D eigenvalue weighted by molar-refractivity contribution is 0.336. The molecule has 0 aromatic rings. The lowest BCUT2D eigenvalue weighted by Crippen LogP contribution is -2.35. The summed E-state index contributed by atoms with van der Waals surface area (Å²) in [6.45, 7) is 2.70. The average Bonchev–Trinajstić information content (AvgIpc) is 2.50. The molecule has 14 heavy (non-hydrogen) atoms. The zero-order chi connectivity index (χ0) is 10.7. The predicted octanol–water partition coefficient (Wildman–Crippen LogP) is 1.72. The second-order valence-electron chi connectivity index (χ2n) is 4.35. The van der Waals surface area contributed by atoms with E-state index in [9.17, 15) is 8.42 Å². The molecule has 1 saturated carbocycles. The first-order valence-electron chi connectivity index (χ1n) is 5.01. The van der Waals surface area contributed by atoms with Crippen molar-refractivity contribution in [3.8, 4) is 0 Å². The molecule has 3 nitrogen and oxygen atoms in total. The standard InChI is InChI=1S/C9H18ClNO2S/c1-9(4-2-3-5-9)8-11-14(12,13)7-6-10/h11H,2-8H2,1H3. The Hall–Kier alpha value is 0.200. The molecule has 0 atom stereocenters. The van der Waals surface area contributed by atoms with E-state index >= 15 is 0 Å². The second-order valence-corrected chi connectivity index (χ2v) is 6.65. The van der Waals surface area contributed by atoms with Crippen molar-refractivity contribution >= 4 is 21.6 Å². The first-order chi connectivity index (χ1) is 6.47. The highest BCUT2D eigenvalue weighted by atomic mass is 35.5. The maximum absolute atomic E-state index is 11.3. The topological polar surface area (TPSA) is 46.2 Å². The van der Waals surface area contributed by atoms with Crippen LogP contribution in [0.4, 0.5) is 0 Å². The molecular weight excluding hydrogens is 222 g/mol. The monoisotopic (exact) mass is 239 g/mol. The molecule has 1 aliphatic carbocycles. The van der Waals surface area contributed by atoms with Gasteiger partial charge in [-0.25, -0.2) is 13.1 Å². The van der Waals surface area contributed by atoms with Gasteiger partial charge in [0.25, 0.3) is 0 Å². The summed E-state index contributed by atoms with van der Waals surface area (Å²) in [5.74, 6) is 0.177. The maximum Gasteiger partial charge on any atom is 0.212 e. The quantitative estimate of drug-likeness (QED) is 0.743. The third-order valence-corrected chi connectivity index (χ3v) is 4.61. The van der Waals surface area contributed by atoms with E-state index in [1.807, 2.05) is 0 Å². The van der Waals surface area contributed by atoms with Crippen molar-refractivity contribution in [2.75, 3.05) is 18.2 Å². The van der Waals surface area contributed by atoms with Crippen LogP contribution >= 0.6 is 11.6 Å². The lowest BCUT2D eigenvalue weighted by atomic mass is 9.89. The minimum atomic E-state index is -3.14. The van der Waals surface area contributed by atoms with Gasteiger partial charge >= 0.3 is 0 Å². The van der Waals surface area contributed by atoms with E-state index in [1.54, 1.807) is 0 Å². The summed E-state index contributed by atoms with van der Waals surface area (Å²) < 4.78 is 25.3. The van der Waals surface area contributed by atoms with E-state index in [4.69, 9.17) is 11.6 Å². The van der Waals surface area contributed by atoms with Crippen LogP contribution in [0.3, 0.4) is 0 Å². The van der Waals surface area contributed by atoms with Gasteiger partial charge < -0.3 is 0 Å². The molecule has 1 fully saturated rings. The highest BCUT2D eigenvalue weighted by Gasteiger charge is 2.29. The molecule has 5 heteroatoms. The van der Waals surface area contributed by atoms with Crippen LogP contribution in [-0.2, 0) is 10.0 Å². The van der Waals surface area contributed by atoms with Gasteiger partial charge in [-0.3, -0.25) is 0 Å². The summed E-state index contributed by atoms with van der Waals surface area (Å²) in [7, 11) is -3.14. The van der Waals surface area contributed by atoms with Crippen molar-refractivity contribution in [2.45, 2.75) is 32.6 Å². The summed E-state index contributed by atoms with van der Waals surface area (Å²) in [6.07, 6.45) is 4.67. The minimum Gasteiger partial charge on any atom is -0.215 e. The van der Waals surface area contributed by atoms with Crippen molar-refractivity contribution in [1.29, 1.82) is 0 Å². The Balaban J connectivity index is 2.39. The van der Waals surface area contributed by atoms with Crippen molar-refractivity contribution < 1.29 is 8.42 Å². The van der Waals surface area contributed by atoms with E-state index in [2.05, 4.69) is 11.6 Å². The second kappa shape index (κ2) is 4.81. The number of sulfonamides is 1. The fraction of sp³-hybridized carbons (Fsp3) is 1.00. The molecule has 0 amide bonds. The number of rotatable bonds is 5. The van der Waals surface area contributed by atoms with Crippen LogP contribution in [0.1, 0.15) is 32.6 Å². The van der Waals surface area contributed by atoms with E-state index in [-0.39, 0.29) is 17.0 Å². The third kappa shape index (κ3) is 3.75. The summed E-state index contributed by atoms with van der Waals surface area (Å²) in [6, 6.07) is 0. The Morgan fingerprint density at radius 2 is 1.93 bits per heavy atom.